The Hall–Kier alpha value is 0.0969. The minimum Gasteiger partial charge on any atom is -0.400 e. The van der Waals surface area contributed by atoms with Crippen LogP contribution in [0.5, 0.6) is 0 Å². The summed E-state index contributed by atoms with van der Waals surface area (Å²) < 4.78 is 12.5. The topological polar surface area (TPSA) is 18.5 Å². The first-order valence-corrected chi connectivity index (χ1v) is 27.3. The van der Waals surface area contributed by atoms with Crippen molar-refractivity contribution in [2.75, 3.05) is 40.9 Å². The van der Waals surface area contributed by atoms with E-state index in [9.17, 15) is 0 Å². The molecule has 0 aromatic rings. The molecule has 0 aliphatic heterocycles. The highest BCUT2D eigenvalue weighted by Crippen LogP contribution is 2.19. The Bertz CT molecular complexity index is 627. The molecule has 0 bridgehead atoms. The van der Waals surface area contributed by atoms with Gasteiger partial charge < -0.3 is 13.3 Å². The summed E-state index contributed by atoms with van der Waals surface area (Å²) in [7, 11) is 4.80. The molecule has 0 heterocycles. The first-order chi connectivity index (χ1) is 26.6. The third kappa shape index (κ3) is 41.7. The van der Waals surface area contributed by atoms with Gasteiger partial charge in [0.15, 0.2) is 0 Å². The van der Waals surface area contributed by atoms with Crippen molar-refractivity contribution in [3.05, 3.63) is 0 Å². The summed E-state index contributed by atoms with van der Waals surface area (Å²) in [6.07, 6.45) is 59.6. The lowest BCUT2D eigenvalue weighted by Gasteiger charge is -2.35. The van der Waals surface area contributed by atoms with E-state index in [-0.39, 0.29) is 0 Å². The number of hydrogen-bond donors (Lipinski definition) is 0. The molecule has 0 N–H and O–H groups in total. The molecule has 0 saturated carbocycles. The van der Waals surface area contributed by atoms with Crippen molar-refractivity contribution in [2.24, 2.45) is 0 Å². The summed E-state index contributed by atoms with van der Waals surface area (Å²) in [5, 5.41) is 0. The monoisotopic (exact) mass is 781 g/mol. The van der Waals surface area contributed by atoms with E-state index in [4.69, 9.17) is 8.85 Å². The molecule has 0 fully saturated rings. The molecule has 0 unspecified atom stereocenters. The number of nitrogens with zero attached hydrogens (tertiary/aromatic N) is 1. The second-order valence-corrected chi connectivity index (χ2v) is 20.6. The summed E-state index contributed by atoms with van der Waals surface area (Å²) in [5.74, 6) is 0. The van der Waals surface area contributed by atoms with Gasteiger partial charge in [-0.15, -0.1) is 0 Å². The molecule has 0 saturated heterocycles. The Morgan fingerprint density at radius 3 is 0.667 bits per heavy atom. The van der Waals surface area contributed by atoms with Gasteiger partial charge in [-0.1, -0.05) is 245 Å². The van der Waals surface area contributed by atoms with E-state index in [2.05, 4.69) is 20.9 Å². The first kappa shape index (κ1) is 54.1. The van der Waals surface area contributed by atoms with Crippen molar-refractivity contribution in [3.8, 4) is 0 Å². The van der Waals surface area contributed by atoms with E-state index < -0.39 is 9.28 Å². The van der Waals surface area contributed by atoms with E-state index in [0.29, 0.717) is 0 Å². The van der Waals surface area contributed by atoms with Gasteiger partial charge in [-0.2, -0.15) is 0 Å². The summed E-state index contributed by atoms with van der Waals surface area (Å²) in [4.78, 5) is 0. The minimum absolute atomic E-state index is 1.15. The zero-order valence-electron chi connectivity index (χ0n) is 38.7. The third-order valence-corrected chi connectivity index (χ3v) is 14.7. The number of hydrogen-bond acceptors (Lipinski definition) is 2. The van der Waals surface area contributed by atoms with Gasteiger partial charge in [-0.25, -0.2) is 0 Å². The molecule has 0 aliphatic rings. The van der Waals surface area contributed by atoms with E-state index in [0.717, 1.165) is 6.04 Å². The lowest BCUT2D eigenvalue weighted by atomic mass is 10.0. The Kier molecular flexibility index (Phi) is 45.9. The Morgan fingerprint density at radius 1 is 0.278 bits per heavy atom. The highest BCUT2D eigenvalue weighted by Gasteiger charge is 2.22. The Balaban J connectivity index is 3.82. The van der Waals surface area contributed by atoms with Gasteiger partial charge in [0.2, 0.25) is 0 Å². The molecule has 0 aromatic carbocycles. The van der Waals surface area contributed by atoms with Crippen LogP contribution >= 0.6 is 0 Å². The van der Waals surface area contributed by atoms with Crippen LogP contribution in [-0.4, -0.2) is 54.7 Å². The number of unbranched alkanes of at least 4 members (excludes halogenated alkanes) is 38. The molecule has 0 atom stereocenters. The van der Waals surface area contributed by atoms with Gasteiger partial charge in [-0.05, 0) is 38.1 Å². The second-order valence-electron chi connectivity index (χ2n) is 18.3. The maximum Gasteiger partial charge on any atom is 0.321 e. The van der Waals surface area contributed by atoms with Crippen LogP contribution in [0.25, 0.3) is 0 Å². The Morgan fingerprint density at radius 2 is 0.463 bits per heavy atom. The zero-order valence-corrected chi connectivity index (χ0v) is 39.8. The van der Waals surface area contributed by atoms with Gasteiger partial charge >= 0.3 is 9.28 Å². The van der Waals surface area contributed by atoms with Crippen LogP contribution in [0.2, 0.25) is 6.04 Å². The fourth-order valence-corrected chi connectivity index (χ4v) is 9.98. The fraction of sp³-hybridized carbons (Fsp3) is 1.00. The highest BCUT2D eigenvalue weighted by atomic mass is 28.3. The summed E-state index contributed by atoms with van der Waals surface area (Å²) in [6, 6.07) is 1.15. The Labute approximate surface area is 345 Å². The standard InChI is InChI=1S/C50H106NO2Si/c1-6-8-10-12-14-16-18-20-22-24-26-28-30-32-34-36-38-40-42-44-47-51(3,49-46-50-54(52-4)53-5)48-45-43-41-39-37-35-33-31-29-27-25-23-21-19-17-15-13-11-9-7-2/h54H,6-50H2,1-5H3/q+1. The van der Waals surface area contributed by atoms with Crippen LogP contribution < -0.4 is 0 Å². The van der Waals surface area contributed by atoms with E-state index in [1.165, 1.54) is 287 Å². The maximum atomic E-state index is 5.64. The lowest BCUT2D eigenvalue weighted by Crippen LogP contribution is -2.46. The molecule has 54 heavy (non-hydrogen) atoms. The largest absolute Gasteiger partial charge is 0.400 e. The van der Waals surface area contributed by atoms with E-state index in [1.807, 2.05) is 14.2 Å². The van der Waals surface area contributed by atoms with E-state index >= 15 is 0 Å². The second kappa shape index (κ2) is 45.8. The average molecular weight is 781 g/mol. The molecular formula is C50H106NO2Si+. The zero-order chi connectivity index (χ0) is 39.3. The molecule has 0 spiro atoms. The van der Waals surface area contributed by atoms with Gasteiger partial charge in [0.05, 0.1) is 26.7 Å². The molecular weight excluding hydrogens is 675 g/mol. The van der Waals surface area contributed by atoms with Crippen LogP contribution in [0.3, 0.4) is 0 Å². The van der Waals surface area contributed by atoms with Gasteiger partial charge in [0, 0.05) is 14.2 Å². The molecule has 0 aromatic heterocycles. The van der Waals surface area contributed by atoms with Crippen molar-refractivity contribution < 1.29 is 13.3 Å². The van der Waals surface area contributed by atoms with Crippen molar-refractivity contribution in [1.82, 2.24) is 0 Å². The van der Waals surface area contributed by atoms with Crippen molar-refractivity contribution in [1.29, 1.82) is 0 Å². The van der Waals surface area contributed by atoms with E-state index in [1.54, 1.807) is 0 Å². The molecule has 0 amide bonds. The molecule has 0 aliphatic carbocycles. The normalized spacial score (nSPS) is 12.1. The van der Waals surface area contributed by atoms with Crippen LogP contribution in [0, 0.1) is 0 Å². The van der Waals surface area contributed by atoms with Crippen molar-refractivity contribution in [2.45, 2.75) is 283 Å². The molecule has 4 heteroatoms. The number of quaternary nitrogens is 1. The predicted octanol–water partition coefficient (Wildman–Crippen LogP) is 17.0. The molecule has 0 rings (SSSR count). The van der Waals surface area contributed by atoms with Gasteiger partial charge in [0.1, 0.15) is 0 Å². The highest BCUT2D eigenvalue weighted by molar-refractivity contribution is 6.44. The quantitative estimate of drug-likeness (QED) is 0.0348. The smallest absolute Gasteiger partial charge is 0.321 e. The lowest BCUT2D eigenvalue weighted by molar-refractivity contribution is -0.910. The fourth-order valence-electron chi connectivity index (χ4n) is 8.80. The summed E-state index contributed by atoms with van der Waals surface area (Å²) >= 11 is 0. The van der Waals surface area contributed by atoms with Gasteiger partial charge in [-0.3, -0.25) is 0 Å². The number of rotatable bonds is 48. The van der Waals surface area contributed by atoms with Gasteiger partial charge in [0.25, 0.3) is 0 Å². The predicted molar refractivity (Wildman–Crippen MR) is 247 cm³/mol. The molecule has 0 radical (unpaired) electrons. The SMILES string of the molecule is CCCCCCCCCCCCCCCCCCCCCC[N+](C)(CCCCCCCCCCCCCCCCCCCCCC)CCC[SiH](OC)OC. The summed E-state index contributed by atoms with van der Waals surface area (Å²) in [6.45, 7) is 8.65. The average Bonchev–Trinajstić information content (AvgIpc) is 3.18. The van der Waals surface area contributed by atoms with Crippen LogP contribution in [0.4, 0.5) is 0 Å². The van der Waals surface area contributed by atoms with Crippen LogP contribution in [0.1, 0.15) is 277 Å². The van der Waals surface area contributed by atoms with Crippen molar-refractivity contribution >= 4 is 9.28 Å². The molecule has 3 nitrogen and oxygen atoms in total. The minimum atomic E-state index is -1.43. The van der Waals surface area contributed by atoms with Crippen LogP contribution in [0.15, 0.2) is 0 Å². The summed E-state index contributed by atoms with van der Waals surface area (Å²) in [5.41, 5.74) is 0. The third-order valence-electron chi connectivity index (χ3n) is 12.8. The maximum absolute atomic E-state index is 5.64. The molecule has 326 valence electrons. The van der Waals surface area contributed by atoms with Crippen molar-refractivity contribution in [3.63, 3.8) is 0 Å². The van der Waals surface area contributed by atoms with Crippen LogP contribution in [-0.2, 0) is 8.85 Å². The first-order valence-electron chi connectivity index (χ1n) is 25.5.